The fraction of sp³-hybridized carbons (Fsp3) is 0.917. The Bertz CT molecular complexity index is 219. The van der Waals surface area contributed by atoms with Crippen molar-refractivity contribution in [2.24, 2.45) is 5.73 Å². The summed E-state index contributed by atoms with van der Waals surface area (Å²) in [7, 11) is 6.09. The second-order valence-corrected chi connectivity index (χ2v) is 5.10. The molecule has 0 saturated heterocycles. The van der Waals surface area contributed by atoms with Crippen LogP contribution in [0, 0.1) is 0 Å². The zero-order valence-corrected chi connectivity index (χ0v) is 11.9. The van der Waals surface area contributed by atoms with Crippen LogP contribution in [0.25, 0.3) is 0 Å². The van der Waals surface area contributed by atoms with Crippen molar-refractivity contribution in [2.75, 3.05) is 40.8 Å². The first kappa shape index (κ1) is 16.4. The predicted octanol–water partition coefficient (Wildman–Crippen LogP) is -0.278. The average molecular weight is 244 g/mol. The van der Waals surface area contributed by atoms with Crippen molar-refractivity contribution in [1.29, 1.82) is 0 Å². The van der Waals surface area contributed by atoms with E-state index in [4.69, 9.17) is 5.73 Å². The number of amides is 1. The molecule has 3 N–H and O–H groups in total. The maximum absolute atomic E-state index is 11.7. The van der Waals surface area contributed by atoms with Gasteiger partial charge in [-0.1, -0.05) is 0 Å². The molecule has 5 heteroatoms. The molecule has 0 rings (SSSR count). The molecular weight excluding hydrogens is 216 g/mol. The number of rotatable bonds is 8. The Hall–Kier alpha value is -0.650. The van der Waals surface area contributed by atoms with Crippen molar-refractivity contribution in [1.82, 2.24) is 15.1 Å². The summed E-state index contributed by atoms with van der Waals surface area (Å²) in [6.45, 7) is 6.33. The van der Waals surface area contributed by atoms with Crippen molar-refractivity contribution in [2.45, 2.75) is 32.4 Å². The van der Waals surface area contributed by atoms with Gasteiger partial charge in [0, 0.05) is 38.1 Å². The van der Waals surface area contributed by atoms with Crippen molar-refractivity contribution in [3.63, 3.8) is 0 Å². The summed E-state index contributed by atoms with van der Waals surface area (Å²) >= 11 is 0. The van der Waals surface area contributed by atoms with Crippen LogP contribution in [0.4, 0.5) is 0 Å². The number of carbonyl (C=O) groups is 1. The van der Waals surface area contributed by atoms with Gasteiger partial charge in [-0.2, -0.15) is 0 Å². The first-order valence-corrected chi connectivity index (χ1v) is 6.21. The molecule has 0 aliphatic carbocycles. The normalized spacial score (nSPS) is 13.5. The molecule has 0 spiro atoms. The highest BCUT2D eigenvalue weighted by Crippen LogP contribution is 2.01. The van der Waals surface area contributed by atoms with E-state index in [1.807, 2.05) is 35.0 Å². The Morgan fingerprint density at radius 1 is 1.24 bits per heavy atom. The number of likely N-dealkylation sites (N-methyl/N-ethyl adjacent to an activating group) is 2. The summed E-state index contributed by atoms with van der Waals surface area (Å²) in [6.07, 6.45) is 0.471. The molecule has 1 amide bonds. The van der Waals surface area contributed by atoms with Gasteiger partial charge in [0.1, 0.15) is 0 Å². The lowest BCUT2D eigenvalue weighted by Gasteiger charge is -2.27. The van der Waals surface area contributed by atoms with E-state index >= 15 is 0 Å². The van der Waals surface area contributed by atoms with Gasteiger partial charge in [-0.05, 0) is 35.0 Å². The highest BCUT2D eigenvalue weighted by Gasteiger charge is 2.17. The van der Waals surface area contributed by atoms with Gasteiger partial charge < -0.3 is 20.9 Å². The molecule has 1 unspecified atom stereocenters. The van der Waals surface area contributed by atoms with Gasteiger partial charge in [0.25, 0.3) is 0 Å². The molecule has 0 aliphatic rings. The molecule has 0 aliphatic heterocycles. The maximum Gasteiger partial charge on any atom is 0.221 e. The van der Waals surface area contributed by atoms with Crippen molar-refractivity contribution >= 4 is 5.91 Å². The van der Waals surface area contributed by atoms with Gasteiger partial charge in [-0.25, -0.2) is 0 Å². The van der Waals surface area contributed by atoms with E-state index in [1.165, 1.54) is 0 Å². The van der Waals surface area contributed by atoms with Crippen LogP contribution in [0.1, 0.15) is 20.3 Å². The highest BCUT2D eigenvalue weighted by atomic mass is 16.1. The van der Waals surface area contributed by atoms with E-state index in [1.54, 1.807) is 0 Å². The van der Waals surface area contributed by atoms with Crippen molar-refractivity contribution in [3.8, 4) is 0 Å². The van der Waals surface area contributed by atoms with Gasteiger partial charge in [0.2, 0.25) is 5.91 Å². The second kappa shape index (κ2) is 8.44. The smallest absolute Gasteiger partial charge is 0.221 e. The van der Waals surface area contributed by atoms with Crippen LogP contribution in [0.2, 0.25) is 0 Å². The van der Waals surface area contributed by atoms with Crippen LogP contribution in [-0.2, 0) is 4.79 Å². The molecule has 0 saturated carbocycles. The average Bonchev–Trinajstić information content (AvgIpc) is 2.21. The lowest BCUT2D eigenvalue weighted by molar-refractivity contribution is -0.122. The summed E-state index contributed by atoms with van der Waals surface area (Å²) in [6, 6.07) is 0.307. The summed E-state index contributed by atoms with van der Waals surface area (Å²) in [5.74, 6) is 0.0761. The molecule has 0 aromatic heterocycles. The van der Waals surface area contributed by atoms with Gasteiger partial charge in [-0.15, -0.1) is 0 Å². The molecule has 17 heavy (non-hydrogen) atoms. The van der Waals surface area contributed by atoms with Gasteiger partial charge >= 0.3 is 0 Å². The van der Waals surface area contributed by atoms with E-state index in [9.17, 15) is 4.79 Å². The zero-order chi connectivity index (χ0) is 13.4. The Balaban J connectivity index is 4.08. The quantitative estimate of drug-likeness (QED) is 0.616. The Labute approximate surface area is 105 Å². The van der Waals surface area contributed by atoms with Crippen LogP contribution < -0.4 is 11.1 Å². The lowest BCUT2D eigenvalue weighted by Crippen LogP contribution is -2.45. The SMILES string of the molecule is CC(C)NC(=O)CC(CN)N(C)CCN(C)C. The molecule has 0 aromatic rings. The largest absolute Gasteiger partial charge is 0.354 e. The van der Waals surface area contributed by atoms with E-state index in [-0.39, 0.29) is 18.0 Å². The lowest BCUT2D eigenvalue weighted by atomic mass is 10.1. The van der Waals surface area contributed by atoms with Crippen LogP contribution >= 0.6 is 0 Å². The van der Waals surface area contributed by atoms with Crippen LogP contribution in [0.15, 0.2) is 0 Å². The number of carbonyl (C=O) groups excluding carboxylic acids is 1. The summed E-state index contributed by atoms with van der Waals surface area (Å²) in [5.41, 5.74) is 5.72. The molecule has 102 valence electrons. The molecule has 0 fully saturated rings. The number of hydrogen-bond acceptors (Lipinski definition) is 4. The van der Waals surface area contributed by atoms with Crippen LogP contribution in [-0.4, -0.2) is 68.6 Å². The van der Waals surface area contributed by atoms with E-state index in [2.05, 4.69) is 15.1 Å². The number of nitrogens with zero attached hydrogens (tertiary/aromatic N) is 2. The molecule has 0 bridgehead atoms. The van der Waals surface area contributed by atoms with Crippen molar-refractivity contribution in [3.05, 3.63) is 0 Å². The molecule has 0 radical (unpaired) electrons. The predicted molar refractivity (Wildman–Crippen MR) is 71.9 cm³/mol. The fourth-order valence-corrected chi connectivity index (χ4v) is 1.55. The third kappa shape index (κ3) is 8.12. The second-order valence-electron chi connectivity index (χ2n) is 5.10. The van der Waals surface area contributed by atoms with E-state index in [0.29, 0.717) is 13.0 Å². The fourth-order valence-electron chi connectivity index (χ4n) is 1.55. The zero-order valence-electron chi connectivity index (χ0n) is 11.9. The van der Waals surface area contributed by atoms with E-state index in [0.717, 1.165) is 13.1 Å². The van der Waals surface area contributed by atoms with Crippen LogP contribution in [0.5, 0.6) is 0 Å². The molecule has 0 heterocycles. The maximum atomic E-state index is 11.7. The molecule has 1 atom stereocenters. The topological polar surface area (TPSA) is 61.6 Å². The third-order valence-electron chi connectivity index (χ3n) is 2.67. The monoisotopic (exact) mass is 244 g/mol. The number of nitrogens with one attached hydrogen (secondary N) is 1. The number of hydrogen-bond donors (Lipinski definition) is 2. The van der Waals surface area contributed by atoms with Gasteiger partial charge in [0.05, 0.1) is 0 Å². The summed E-state index contributed by atoms with van der Waals surface area (Å²) < 4.78 is 0. The third-order valence-corrected chi connectivity index (χ3v) is 2.67. The molecule has 0 aromatic carbocycles. The first-order valence-electron chi connectivity index (χ1n) is 6.21. The summed E-state index contributed by atoms with van der Waals surface area (Å²) in [5, 5.41) is 2.90. The minimum Gasteiger partial charge on any atom is -0.354 e. The van der Waals surface area contributed by atoms with Gasteiger partial charge in [0.15, 0.2) is 0 Å². The standard InChI is InChI=1S/C12H28N4O/c1-10(2)14-12(17)8-11(9-13)16(5)7-6-15(3)4/h10-11H,6-9,13H2,1-5H3,(H,14,17). The minimum absolute atomic E-state index is 0.0761. The minimum atomic E-state index is 0.0761. The first-order chi connectivity index (χ1) is 7.86. The molecule has 5 nitrogen and oxygen atoms in total. The Morgan fingerprint density at radius 2 is 1.82 bits per heavy atom. The summed E-state index contributed by atoms with van der Waals surface area (Å²) in [4.78, 5) is 15.9. The molecular formula is C12H28N4O. The van der Waals surface area contributed by atoms with E-state index < -0.39 is 0 Å². The number of nitrogens with two attached hydrogens (primary N) is 1. The Kier molecular flexibility index (Phi) is 8.12. The Morgan fingerprint density at radius 3 is 2.24 bits per heavy atom. The van der Waals surface area contributed by atoms with Gasteiger partial charge in [-0.3, -0.25) is 4.79 Å². The van der Waals surface area contributed by atoms with Crippen molar-refractivity contribution < 1.29 is 4.79 Å². The highest BCUT2D eigenvalue weighted by molar-refractivity contribution is 5.76. The van der Waals surface area contributed by atoms with Crippen LogP contribution in [0.3, 0.4) is 0 Å².